The van der Waals surface area contributed by atoms with Crippen molar-refractivity contribution < 1.29 is 0 Å². The topological polar surface area (TPSA) is 4.93 Å². The Balaban J connectivity index is 1.78. The maximum absolute atomic E-state index is 2.67. The van der Waals surface area contributed by atoms with Crippen molar-refractivity contribution in [2.75, 3.05) is 0 Å². The van der Waals surface area contributed by atoms with Crippen LogP contribution in [0.15, 0.2) is 72.8 Å². The fourth-order valence-corrected chi connectivity index (χ4v) is 6.67. The van der Waals surface area contributed by atoms with Gasteiger partial charge in [0.2, 0.25) is 0 Å². The van der Waals surface area contributed by atoms with Gasteiger partial charge in [-0.25, -0.2) is 0 Å². The Labute approximate surface area is 169 Å². The van der Waals surface area contributed by atoms with Gasteiger partial charge in [-0.05, 0) is 33.2 Å². The van der Waals surface area contributed by atoms with E-state index < -0.39 is 0 Å². The highest BCUT2D eigenvalue weighted by Crippen LogP contribution is 2.48. The molecule has 0 unspecified atom stereocenters. The lowest BCUT2D eigenvalue weighted by Gasteiger charge is -2.44. The average Bonchev–Trinajstić information content (AvgIpc) is 3.09. The van der Waals surface area contributed by atoms with Crippen LogP contribution in [0.1, 0.15) is 25.0 Å². The number of fused-ring (bicyclic) bond motifs is 3. The molecule has 3 aliphatic heterocycles. The molecule has 0 saturated heterocycles. The zero-order chi connectivity index (χ0) is 19.1. The minimum absolute atomic E-state index is 0.00284. The number of aromatic nitrogens is 1. The third-order valence-corrected chi connectivity index (χ3v) is 7.79. The summed E-state index contributed by atoms with van der Waals surface area (Å²) in [4.78, 5) is 0. The molecule has 29 heavy (non-hydrogen) atoms. The van der Waals surface area contributed by atoms with Crippen molar-refractivity contribution in [3.63, 3.8) is 0 Å². The van der Waals surface area contributed by atoms with Crippen LogP contribution in [-0.4, -0.2) is 11.3 Å². The Bertz CT molecular complexity index is 1470. The SMILES string of the molecule is CC1(C)c2cccc3c2B2c4c(cccc41)-c1cccc4c5cccc-3c5n2c14. The molecule has 4 aromatic carbocycles. The van der Waals surface area contributed by atoms with Crippen LogP contribution in [0, 0.1) is 0 Å². The first kappa shape index (κ1) is 14.7. The highest BCUT2D eigenvalue weighted by Gasteiger charge is 2.48. The highest BCUT2D eigenvalue weighted by molar-refractivity contribution is 6.90. The number of nitrogens with zero attached hydrogens (tertiary/aromatic N) is 1. The van der Waals surface area contributed by atoms with E-state index in [1.54, 1.807) is 0 Å². The second-order valence-electron chi connectivity index (χ2n) is 9.33. The molecule has 0 radical (unpaired) electrons. The number of hydrogen-bond acceptors (Lipinski definition) is 0. The number of benzene rings is 4. The van der Waals surface area contributed by atoms with Crippen molar-refractivity contribution >= 4 is 39.6 Å². The zero-order valence-corrected chi connectivity index (χ0v) is 16.5. The molecule has 5 aromatic rings. The summed E-state index contributed by atoms with van der Waals surface area (Å²) in [5, 5.41) is 2.77. The second kappa shape index (κ2) is 4.33. The van der Waals surface area contributed by atoms with Crippen LogP contribution in [0.2, 0.25) is 0 Å². The van der Waals surface area contributed by atoms with E-state index >= 15 is 0 Å². The molecule has 1 aromatic heterocycles. The molecule has 8 rings (SSSR count). The van der Waals surface area contributed by atoms with E-state index in [9.17, 15) is 0 Å². The fourth-order valence-electron chi connectivity index (χ4n) is 6.67. The van der Waals surface area contributed by atoms with E-state index in [4.69, 9.17) is 0 Å². The monoisotopic (exact) mass is 367 g/mol. The first-order chi connectivity index (χ1) is 14.2. The molecular weight excluding hydrogens is 349 g/mol. The lowest BCUT2D eigenvalue weighted by molar-refractivity contribution is 0.645. The first-order valence-corrected chi connectivity index (χ1v) is 10.5. The van der Waals surface area contributed by atoms with Gasteiger partial charge < -0.3 is 4.48 Å². The van der Waals surface area contributed by atoms with Gasteiger partial charge in [-0.15, -0.1) is 0 Å². The molecule has 0 atom stereocenters. The van der Waals surface area contributed by atoms with E-state index in [2.05, 4.69) is 91.1 Å². The van der Waals surface area contributed by atoms with Gasteiger partial charge in [0.1, 0.15) is 0 Å². The third-order valence-electron chi connectivity index (χ3n) is 7.79. The summed E-state index contributed by atoms with van der Waals surface area (Å²) in [6, 6.07) is 27.6. The molecule has 4 heterocycles. The van der Waals surface area contributed by atoms with E-state index in [-0.39, 0.29) is 12.3 Å². The second-order valence-corrected chi connectivity index (χ2v) is 9.33. The Kier molecular flexibility index (Phi) is 2.20. The Morgan fingerprint density at radius 2 is 1.03 bits per heavy atom. The van der Waals surface area contributed by atoms with Crippen molar-refractivity contribution in [3.8, 4) is 22.3 Å². The average molecular weight is 367 g/mol. The van der Waals surface area contributed by atoms with Crippen molar-refractivity contribution in [1.29, 1.82) is 0 Å². The van der Waals surface area contributed by atoms with Crippen LogP contribution in [0.3, 0.4) is 0 Å². The van der Waals surface area contributed by atoms with Gasteiger partial charge in [0, 0.05) is 38.3 Å². The first-order valence-electron chi connectivity index (χ1n) is 10.5. The minimum Gasteiger partial charge on any atom is -0.375 e. The van der Waals surface area contributed by atoms with Crippen LogP contribution in [0.5, 0.6) is 0 Å². The van der Waals surface area contributed by atoms with Gasteiger partial charge in [0.25, 0.3) is 0 Å². The molecule has 0 fully saturated rings. The molecule has 1 nitrogen and oxygen atoms in total. The maximum atomic E-state index is 2.67. The summed E-state index contributed by atoms with van der Waals surface area (Å²) in [5.74, 6) is 0. The van der Waals surface area contributed by atoms with Crippen LogP contribution < -0.4 is 10.9 Å². The van der Waals surface area contributed by atoms with Crippen molar-refractivity contribution in [1.82, 2.24) is 4.48 Å². The summed E-state index contributed by atoms with van der Waals surface area (Å²) in [6.45, 7) is 5.08. The molecular formula is C27H18BN. The smallest absolute Gasteiger partial charge is 0.330 e. The van der Waals surface area contributed by atoms with Gasteiger partial charge in [0.15, 0.2) is 0 Å². The molecule has 0 bridgehead atoms. The molecule has 2 heteroatoms. The van der Waals surface area contributed by atoms with Gasteiger partial charge in [0.05, 0.1) is 0 Å². The van der Waals surface area contributed by atoms with Crippen molar-refractivity contribution in [2.45, 2.75) is 19.3 Å². The third kappa shape index (κ3) is 1.37. The standard InChI is InChI=1S/C27H18BN/c1-27(2)21-13-5-7-15-17-9-3-11-19-20-12-4-10-18-16-8-6-14-22(27)24(16)28(23(15)21)29(25(17)19)26(18)20/h3-14H,1-2H3. The summed E-state index contributed by atoms with van der Waals surface area (Å²) >= 11 is 0. The lowest BCUT2D eigenvalue weighted by Crippen LogP contribution is -2.61. The van der Waals surface area contributed by atoms with Crippen molar-refractivity contribution in [3.05, 3.63) is 83.9 Å². The molecule has 0 aliphatic carbocycles. The normalized spacial score (nSPS) is 16.1. The van der Waals surface area contributed by atoms with E-state index in [0.29, 0.717) is 0 Å². The van der Waals surface area contributed by atoms with E-state index in [1.807, 2.05) is 0 Å². The summed E-state index contributed by atoms with van der Waals surface area (Å²) in [6.07, 6.45) is 0. The molecule has 0 amide bonds. The fraction of sp³-hybridized carbons (Fsp3) is 0.111. The van der Waals surface area contributed by atoms with Gasteiger partial charge in [-0.1, -0.05) is 86.6 Å². The van der Waals surface area contributed by atoms with Gasteiger partial charge in [-0.3, -0.25) is 0 Å². The molecule has 134 valence electrons. The summed E-state index contributed by atoms with van der Waals surface area (Å²) < 4.78 is 2.67. The van der Waals surface area contributed by atoms with Gasteiger partial charge in [-0.2, -0.15) is 0 Å². The Morgan fingerprint density at radius 1 is 0.586 bits per heavy atom. The van der Waals surface area contributed by atoms with E-state index in [1.165, 1.54) is 66.1 Å². The molecule has 0 saturated carbocycles. The Morgan fingerprint density at radius 3 is 1.55 bits per heavy atom. The summed E-state index contributed by atoms with van der Waals surface area (Å²) in [7, 11) is 0. The molecule has 0 spiro atoms. The van der Waals surface area contributed by atoms with Crippen molar-refractivity contribution in [2.24, 2.45) is 0 Å². The Hall–Kier alpha value is -3.26. The predicted octanol–water partition coefficient (Wildman–Crippen LogP) is 5.05. The van der Waals surface area contributed by atoms with Crippen LogP contribution in [0.4, 0.5) is 0 Å². The largest absolute Gasteiger partial charge is 0.375 e. The minimum atomic E-state index is -0.00284. The van der Waals surface area contributed by atoms with Crippen LogP contribution in [0.25, 0.3) is 44.1 Å². The lowest BCUT2D eigenvalue weighted by atomic mass is 9.38. The zero-order valence-electron chi connectivity index (χ0n) is 16.5. The van der Waals surface area contributed by atoms with Crippen LogP contribution >= 0.6 is 0 Å². The number of hydrogen-bond donors (Lipinski definition) is 0. The number of para-hydroxylation sites is 2. The molecule has 3 aliphatic rings. The van der Waals surface area contributed by atoms with Crippen LogP contribution in [-0.2, 0) is 5.41 Å². The molecule has 0 N–H and O–H groups in total. The van der Waals surface area contributed by atoms with E-state index in [0.717, 1.165) is 0 Å². The summed E-state index contributed by atoms with van der Waals surface area (Å²) in [5.41, 5.74) is 14.4. The quantitative estimate of drug-likeness (QED) is 0.331. The number of rotatable bonds is 0. The van der Waals surface area contributed by atoms with Gasteiger partial charge >= 0.3 is 6.85 Å². The predicted molar refractivity (Wildman–Crippen MR) is 123 cm³/mol. The highest BCUT2D eigenvalue weighted by atomic mass is 14.9. The maximum Gasteiger partial charge on any atom is 0.330 e.